The molecule has 0 saturated heterocycles. The molecule has 0 atom stereocenters. The molecular weight excluding hydrogens is 349 g/mol. The number of carbonyl (C=O) groups is 1. The van der Waals surface area contributed by atoms with E-state index in [0.717, 1.165) is 15.7 Å². The predicted octanol–water partition coefficient (Wildman–Crippen LogP) is 5.32. The van der Waals surface area contributed by atoms with Gasteiger partial charge in [0, 0.05) is 15.2 Å². The summed E-state index contributed by atoms with van der Waals surface area (Å²) in [4.78, 5) is 12.2. The Morgan fingerprint density at radius 3 is 2.58 bits per heavy atom. The van der Waals surface area contributed by atoms with E-state index in [1.165, 1.54) is 0 Å². The number of hydrogen-bond donors (Lipinski definition) is 1. The SMILES string of the molecule is Cc1cc(Br)ccc1NC(=O)c1cc(Cl)ccc1Cl. The van der Waals surface area contributed by atoms with E-state index < -0.39 is 0 Å². The lowest BCUT2D eigenvalue weighted by atomic mass is 10.1. The molecule has 98 valence electrons. The van der Waals surface area contributed by atoms with Crippen molar-refractivity contribution in [3.8, 4) is 0 Å². The Labute approximate surface area is 129 Å². The van der Waals surface area contributed by atoms with Gasteiger partial charge in [0.15, 0.2) is 0 Å². The van der Waals surface area contributed by atoms with Crippen LogP contribution in [0.1, 0.15) is 15.9 Å². The van der Waals surface area contributed by atoms with Gasteiger partial charge in [-0.3, -0.25) is 4.79 Å². The van der Waals surface area contributed by atoms with Crippen molar-refractivity contribution in [2.75, 3.05) is 5.32 Å². The van der Waals surface area contributed by atoms with Gasteiger partial charge in [-0.05, 0) is 48.9 Å². The lowest BCUT2D eigenvalue weighted by Crippen LogP contribution is -2.13. The Kier molecular flexibility index (Phi) is 4.50. The van der Waals surface area contributed by atoms with Crippen LogP contribution in [-0.4, -0.2) is 5.91 Å². The first-order chi connectivity index (χ1) is 8.97. The van der Waals surface area contributed by atoms with Gasteiger partial charge in [-0.2, -0.15) is 0 Å². The number of carbonyl (C=O) groups excluding carboxylic acids is 1. The maximum Gasteiger partial charge on any atom is 0.257 e. The molecule has 0 unspecified atom stereocenters. The topological polar surface area (TPSA) is 29.1 Å². The molecule has 0 saturated carbocycles. The Balaban J connectivity index is 2.28. The smallest absolute Gasteiger partial charge is 0.257 e. The zero-order chi connectivity index (χ0) is 14.0. The molecule has 0 spiro atoms. The molecule has 0 aromatic heterocycles. The number of benzene rings is 2. The molecule has 2 aromatic rings. The van der Waals surface area contributed by atoms with Crippen molar-refractivity contribution < 1.29 is 4.79 Å². The first-order valence-electron chi connectivity index (χ1n) is 5.50. The first kappa shape index (κ1) is 14.4. The Morgan fingerprint density at radius 1 is 1.16 bits per heavy atom. The van der Waals surface area contributed by atoms with Crippen molar-refractivity contribution in [3.63, 3.8) is 0 Å². The summed E-state index contributed by atoms with van der Waals surface area (Å²) in [6.45, 7) is 1.92. The van der Waals surface area contributed by atoms with Crippen LogP contribution in [-0.2, 0) is 0 Å². The fraction of sp³-hybridized carbons (Fsp3) is 0.0714. The summed E-state index contributed by atoms with van der Waals surface area (Å²) in [5.74, 6) is -0.280. The van der Waals surface area contributed by atoms with Crippen molar-refractivity contribution in [1.29, 1.82) is 0 Å². The second-order valence-electron chi connectivity index (χ2n) is 4.04. The van der Waals surface area contributed by atoms with Crippen LogP contribution in [0.2, 0.25) is 10.0 Å². The molecule has 0 bridgehead atoms. The third-order valence-corrected chi connectivity index (χ3v) is 3.67. The van der Waals surface area contributed by atoms with Gasteiger partial charge >= 0.3 is 0 Å². The van der Waals surface area contributed by atoms with Gasteiger partial charge in [0.25, 0.3) is 5.91 Å². The van der Waals surface area contributed by atoms with Crippen LogP contribution >= 0.6 is 39.1 Å². The number of nitrogens with one attached hydrogen (secondary N) is 1. The number of halogens is 3. The molecule has 0 aliphatic carbocycles. The van der Waals surface area contributed by atoms with E-state index in [1.807, 2.05) is 25.1 Å². The van der Waals surface area contributed by atoms with Crippen molar-refractivity contribution in [2.45, 2.75) is 6.92 Å². The molecule has 19 heavy (non-hydrogen) atoms. The number of amides is 1. The van der Waals surface area contributed by atoms with Crippen LogP contribution in [0, 0.1) is 6.92 Å². The van der Waals surface area contributed by atoms with Gasteiger partial charge < -0.3 is 5.32 Å². The standard InChI is InChI=1S/C14H10BrCl2NO/c1-8-6-9(15)2-5-13(8)18-14(19)11-7-10(16)3-4-12(11)17/h2-7H,1H3,(H,18,19). The molecule has 2 nitrogen and oxygen atoms in total. The molecule has 1 amide bonds. The fourth-order valence-corrected chi connectivity index (χ4v) is 2.48. The monoisotopic (exact) mass is 357 g/mol. The van der Waals surface area contributed by atoms with Crippen LogP contribution in [0.15, 0.2) is 40.9 Å². The Bertz CT molecular complexity index is 643. The number of rotatable bonds is 2. The Hall–Kier alpha value is -1.03. The largest absolute Gasteiger partial charge is 0.322 e. The third kappa shape index (κ3) is 3.50. The van der Waals surface area contributed by atoms with E-state index in [-0.39, 0.29) is 5.91 Å². The van der Waals surface area contributed by atoms with Gasteiger partial charge in [0.1, 0.15) is 0 Å². The minimum Gasteiger partial charge on any atom is -0.322 e. The first-order valence-corrected chi connectivity index (χ1v) is 7.05. The molecule has 1 N–H and O–H groups in total. The number of aryl methyl sites for hydroxylation is 1. The van der Waals surface area contributed by atoms with E-state index in [2.05, 4.69) is 21.2 Å². The average Bonchev–Trinajstić information content (AvgIpc) is 2.35. The second kappa shape index (κ2) is 5.95. The van der Waals surface area contributed by atoms with Crippen LogP contribution in [0.5, 0.6) is 0 Å². The van der Waals surface area contributed by atoms with Crippen molar-refractivity contribution in [3.05, 3.63) is 62.0 Å². The molecule has 0 aliphatic rings. The minimum absolute atomic E-state index is 0.280. The van der Waals surface area contributed by atoms with Crippen LogP contribution in [0.25, 0.3) is 0 Å². The fourth-order valence-electron chi connectivity index (χ4n) is 1.63. The molecule has 0 radical (unpaired) electrons. The van der Waals surface area contributed by atoms with Crippen LogP contribution < -0.4 is 5.32 Å². The molecule has 0 aliphatic heterocycles. The highest BCUT2D eigenvalue weighted by atomic mass is 79.9. The zero-order valence-electron chi connectivity index (χ0n) is 10.0. The highest BCUT2D eigenvalue weighted by molar-refractivity contribution is 9.10. The summed E-state index contributed by atoms with van der Waals surface area (Å²) in [5, 5.41) is 3.66. The highest BCUT2D eigenvalue weighted by Crippen LogP contribution is 2.24. The van der Waals surface area contributed by atoms with Gasteiger partial charge in [0.2, 0.25) is 0 Å². The quantitative estimate of drug-likeness (QED) is 0.773. The maximum absolute atomic E-state index is 12.2. The van der Waals surface area contributed by atoms with Gasteiger partial charge in [-0.15, -0.1) is 0 Å². The van der Waals surface area contributed by atoms with E-state index in [9.17, 15) is 4.79 Å². The zero-order valence-corrected chi connectivity index (χ0v) is 13.1. The number of hydrogen-bond acceptors (Lipinski definition) is 1. The van der Waals surface area contributed by atoms with E-state index in [1.54, 1.807) is 18.2 Å². The lowest BCUT2D eigenvalue weighted by molar-refractivity contribution is 0.102. The van der Waals surface area contributed by atoms with Crippen molar-refractivity contribution in [1.82, 2.24) is 0 Å². The van der Waals surface area contributed by atoms with E-state index in [4.69, 9.17) is 23.2 Å². The Morgan fingerprint density at radius 2 is 1.89 bits per heavy atom. The average molecular weight is 359 g/mol. The summed E-state index contributed by atoms with van der Waals surface area (Å²) in [5.41, 5.74) is 2.06. The molecule has 2 rings (SSSR count). The van der Waals surface area contributed by atoms with Gasteiger partial charge in [0.05, 0.1) is 10.6 Å². The second-order valence-corrected chi connectivity index (χ2v) is 5.80. The van der Waals surface area contributed by atoms with Gasteiger partial charge in [-0.25, -0.2) is 0 Å². The highest BCUT2D eigenvalue weighted by Gasteiger charge is 2.12. The molecule has 0 fully saturated rings. The summed E-state index contributed by atoms with van der Waals surface area (Å²) in [7, 11) is 0. The summed E-state index contributed by atoms with van der Waals surface area (Å²) in [6, 6.07) is 10.4. The molecular formula is C14H10BrCl2NO. The normalized spacial score (nSPS) is 10.3. The predicted molar refractivity (Wildman–Crippen MR) is 83.3 cm³/mol. The van der Waals surface area contributed by atoms with E-state index in [0.29, 0.717) is 15.6 Å². The lowest BCUT2D eigenvalue weighted by Gasteiger charge is -2.10. The van der Waals surface area contributed by atoms with Crippen LogP contribution in [0.3, 0.4) is 0 Å². The minimum atomic E-state index is -0.280. The number of anilines is 1. The maximum atomic E-state index is 12.2. The van der Waals surface area contributed by atoms with Crippen molar-refractivity contribution in [2.24, 2.45) is 0 Å². The van der Waals surface area contributed by atoms with Crippen LogP contribution in [0.4, 0.5) is 5.69 Å². The molecule has 0 heterocycles. The van der Waals surface area contributed by atoms with Gasteiger partial charge in [-0.1, -0.05) is 39.1 Å². The summed E-state index contributed by atoms with van der Waals surface area (Å²) >= 11 is 15.2. The van der Waals surface area contributed by atoms with E-state index >= 15 is 0 Å². The third-order valence-electron chi connectivity index (χ3n) is 2.61. The summed E-state index contributed by atoms with van der Waals surface area (Å²) < 4.78 is 0.962. The molecule has 5 heteroatoms. The van der Waals surface area contributed by atoms with Crippen molar-refractivity contribution >= 4 is 50.7 Å². The molecule has 2 aromatic carbocycles. The summed E-state index contributed by atoms with van der Waals surface area (Å²) in [6.07, 6.45) is 0.